The second-order valence-corrected chi connectivity index (χ2v) is 6.68. The molecule has 2 rings (SSSR count). The van der Waals surface area contributed by atoms with Crippen molar-refractivity contribution < 1.29 is 23.1 Å². The summed E-state index contributed by atoms with van der Waals surface area (Å²) < 4.78 is 31.1. The third kappa shape index (κ3) is 2.80. The zero-order valence-electron chi connectivity index (χ0n) is 11.4. The molecule has 0 bridgehead atoms. The lowest BCUT2D eigenvalue weighted by Crippen LogP contribution is -2.43. The molecule has 1 aliphatic rings. The van der Waals surface area contributed by atoms with Gasteiger partial charge in [0.1, 0.15) is 11.8 Å². The minimum absolute atomic E-state index is 0.0132. The number of aliphatic hydroxyl groups is 1. The van der Waals surface area contributed by atoms with Crippen molar-refractivity contribution in [3.8, 4) is 5.75 Å². The summed E-state index contributed by atoms with van der Waals surface area (Å²) in [6.07, 6.45) is -0.936. The summed E-state index contributed by atoms with van der Waals surface area (Å²) in [5.41, 5.74) is 11.1. The van der Waals surface area contributed by atoms with Crippen molar-refractivity contribution in [1.29, 1.82) is 0 Å². The number of β-amino-alcohol motifs (C(OH)–C–C–N with tert-alkyl or cyclic N) is 1. The summed E-state index contributed by atoms with van der Waals surface area (Å²) in [4.78, 5) is 11.3. The number of benzene rings is 1. The van der Waals surface area contributed by atoms with Gasteiger partial charge in [-0.2, -0.15) is 4.31 Å². The molecule has 0 aromatic heterocycles. The maximum Gasteiger partial charge on any atom is 0.244 e. The van der Waals surface area contributed by atoms with Gasteiger partial charge >= 0.3 is 0 Å². The van der Waals surface area contributed by atoms with Gasteiger partial charge in [-0.25, -0.2) is 8.42 Å². The van der Waals surface area contributed by atoms with Crippen LogP contribution in [0.25, 0.3) is 0 Å². The first-order valence-corrected chi connectivity index (χ1v) is 7.64. The van der Waals surface area contributed by atoms with Gasteiger partial charge in [-0.15, -0.1) is 0 Å². The zero-order valence-corrected chi connectivity index (χ0v) is 12.2. The van der Waals surface area contributed by atoms with Crippen LogP contribution in [-0.2, 0) is 14.8 Å². The number of rotatable bonds is 4. The normalized spacial score (nSPS) is 23.1. The Morgan fingerprint density at radius 2 is 2.14 bits per heavy atom. The van der Waals surface area contributed by atoms with Gasteiger partial charge < -0.3 is 21.3 Å². The molecule has 0 spiro atoms. The van der Waals surface area contributed by atoms with Crippen LogP contribution in [0.5, 0.6) is 5.75 Å². The van der Waals surface area contributed by atoms with E-state index in [-0.39, 0.29) is 23.6 Å². The van der Waals surface area contributed by atoms with Crippen molar-refractivity contribution >= 4 is 21.6 Å². The number of carbonyl (C=O) groups is 1. The van der Waals surface area contributed by atoms with Gasteiger partial charge in [-0.05, 0) is 12.1 Å². The van der Waals surface area contributed by atoms with Gasteiger partial charge in [-0.3, -0.25) is 4.79 Å². The van der Waals surface area contributed by atoms with Gasteiger partial charge in [0.05, 0.1) is 23.8 Å². The van der Waals surface area contributed by atoms with E-state index in [4.69, 9.17) is 16.2 Å². The zero-order chi connectivity index (χ0) is 15.8. The molecule has 1 fully saturated rings. The number of aliphatic hydroxyl groups excluding tert-OH is 1. The largest absolute Gasteiger partial charge is 0.495 e. The fourth-order valence-electron chi connectivity index (χ4n) is 2.30. The number of sulfonamides is 1. The maximum absolute atomic E-state index is 12.6. The summed E-state index contributed by atoms with van der Waals surface area (Å²) in [5.74, 6) is -0.580. The average Bonchev–Trinajstić information content (AvgIpc) is 2.82. The van der Waals surface area contributed by atoms with E-state index in [1.807, 2.05) is 0 Å². The molecule has 8 nitrogen and oxygen atoms in total. The van der Waals surface area contributed by atoms with Gasteiger partial charge in [0.25, 0.3) is 0 Å². The number of anilines is 1. The minimum Gasteiger partial charge on any atom is -0.495 e. The molecule has 5 N–H and O–H groups in total. The van der Waals surface area contributed by atoms with Crippen molar-refractivity contribution in [3.05, 3.63) is 18.2 Å². The van der Waals surface area contributed by atoms with Gasteiger partial charge in [0, 0.05) is 19.0 Å². The first-order chi connectivity index (χ1) is 9.77. The van der Waals surface area contributed by atoms with Crippen molar-refractivity contribution in [2.45, 2.75) is 23.5 Å². The Morgan fingerprint density at radius 3 is 2.71 bits per heavy atom. The lowest BCUT2D eigenvalue weighted by molar-refractivity contribution is -0.121. The molecule has 21 heavy (non-hydrogen) atoms. The summed E-state index contributed by atoms with van der Waals surface area (Å²) >= 11 is 0. The number of amides is 1. The van der Waals surface area contributed by atoms with Crippen LogP contribution < -0.4 is 16.2 Å². The third-order valence-corrected chi connectivity index (χ3v) is 5.24. The summed E-state index contributed by atoms with van der Waals surface area (Å²) in [6.45, 7) is -0.178. The van der Waals surface area contributed by atoms with E-state index in [0.717, 1.165) is 4.31 Å². The van der Waals surface area contributed by atoms with Crippen LogP contribution in [0.15, 0.2) is 23.1 Å². The van der Waals surface area contributed by atoms with E-state index in [2.05, 4.69) is 0 Å². The Bertz CT molecular complexity index is 661. The maximum atomic E-state index is 12.6. The third-order valence-electron chi connectivity index (χ3n) is 3.37. The fourth-order valence-corrected chi connectivity index (χ4v) is 3.96. The van der Waals surface area contributed by atoms with Crippen LogP contribution in [0.4, 0.5) is 5.69 Å². The number of nitrogen functional groups attached to an aromatic ring is 1. The summed E-state index contributed by atoms with van der Waals surface area (Å²) in [7, 11) is -2.61. The molecule has 1 amide bonds. The Kier molecular flexibility index (Phi) is 4.08. The first kappa shape index (κ1) is 15.5. The van der Waals surface area contributed by atoms with Crippen LogP contribution in [0.1, 0.15) is 6.42 Å². The molecular formula is C12H17N3O5S. The van der Waals surface area contributed by atoms with E-state index in [0.29, 0.717) is 5.69 Å². The smallest absolute Gasteiger partial charge is 0.244 e. The van der Waals surface area contributed by atoms with Crippen molar-refractivity contribution in [3.63, 3.8) is 0 Å². The number of hydrogen-bond donors (Lipinski definition) is 3. The van der Waals surface area contributed by atoms with Crippen LogP contribution >= 0.6 is 0 Å². The van der Waals surface area contributed by atoms with Crippen LogP contribution in [0, 0.1) is 0 Å². The first-order valence-electron chi connectivity index (χ1n) is 6.20. The summed E-state index contributed by atoms with van der Waals surface area (Å²) in [6, 6.07) is 2.93. The van der Waals surface area contributed by atoms with Crippen LogP contribution in [0.3, 0.4) is 0 Å². The number of nitrogens with zero attached hydrogens (tertiary/aromatic N) is 1. The SMILES string of the molecule is COc1cc(S(=O)(=O)N2CC(O)CC2C(N)=O)ccc1N. The summed E-state index contributed by atoms with van der Waals surface area (Å²) in [5, 5.41) is 9.62. The van der Waals surface area contributed by atoms with Gasteiger partial charge in [0.15, 0.2) is 0 Å². The Labute approximate surface area is 122 Å². The highest BCUT2D eigenvalue weighted by molar-refractivity contribution is 7.89. The highest BCUT2D eigenvalue weighted by atomic mass is 32.2. The molecule has 116 valence electrons. The van der Waals surface area contributed by atoms with Crippen molar-refractivity contribution in [2.24, 2.45) is 5.73 Å². The molecule has 0 radical (unpaired) electrons. The highest BCUT2D eigenvalue weighted by Crippen LogP contribution is 2.30. The molecule has 1 aromatic rings. The molecule has 1 aromatic carbocycles. The number of methoxy groups -OCH3 is 1. The molecule has 2 unspecified atom stereocenters. The second kappa shape index (κ2) is 5.51. The minimum atomic E-state index is -3.98. The lowest BCUT2D eigenvalue weighted by Gasteiger charge is -2.21. The fraction of sp³-hybridized carbons (Fsp3) is 0.417. The molecule has 1 heterocycles. The van der Waals surface area contributed by atoms with Gasteiger partial charge in [-0.1, -0.05) is 0 Å². The standard InChI is InChI=1S/C12H17N3O5S/c1-20-11-5-8(2-3-9(11)13)21(18,19)15-6-7(16)4-10(15)12(14)17/h2-3,5,7,10,16H,4,6,13H2,1H3,(H2,14,17). The topological polar surface area (TPSA) is 136 Å². The molecule has 9 heteroatoms. The monoisotopic (exact) mass is 315 g/mol. The molecule has 1 saturated heterocycles. The van der Waals surface area contributed by atoms with E-state index >= 15 is 0 Å². The predicted molar refractivity (Wildman–Crippen MR) is 74.9 cm³/mol. The van der Waals surface area contributed by atoms with Crippen molar-refractivity contribution in [2.75, 3.05) is 19.4 Å². The van der Waals surface area contributed by atoms with E-state index in [1.165, 1.54) is 25.3 Å². The highest BCUT2D eigenvalue weighted by Gasteiger charge is 2.42. The Hall–Kier alpha value is -1.84. The second-order valence-electron chi connectivity index (χ2n) is 4.79. The molecular weight excluding hydrogens is 298 g/mol. The van der Waals surface area contributed by atoms with E-state index < -0.39 is 28.1 Å². The molecule has 0 aliphatic carbocycles. The number of nitrogens with two attached hydrogens (primary N) is 2. The number of ether oxygens (including phenoxy) is 1. The van der Waals surface area contributed by atoms with Crippen LogP contribution in [-0.4, -0.2) is 49.5 Å². The van der Waals surface area contributed by atoms with Gasteiger partial charge in [0.2, 0.25) is 15.9 Å². The van der Waals surface area contributed by atoms with E-state index in [9.17, 15) is 18.3 Å². The average molecular weight is 315 g/mol. The molecule has 1 aliphatic heterocycles. The Morgan fingerprint density at radius 1 is 1.48 bits per heavy atom. The number of hydrogen-bond acceptors (Lipinski definition) is 6. The predicted octanol–water partition coefficient (Wildman–Crippen LogP) is -1.11. The van der Waals surface area contributed by atoms with Crippen molar-refractivity contribution in [1.82, 2.24) is 4.31 Å². The quantitative estimate of drug-likeness (QED) is 0.603. The lowest BCUT2D eigenvalue weighted by atomic mass is 10.2. The van der Waals surface area contributed by atoms with Crippen LogP contribution in [0.2, 0.25) is 0 Å². The van der Waals surface area contributed by atoms with E-state index in [1.54, 1.807) is 0 Å². The number of carbonyl (C=O) groups excluding carboxylic acids is 1. The number of primary amides is 1. The molecule has 2 atom stereocenters. The molecule has 0 saturated carbocycles. The Balaban J connectivity index is 2.44.